The van der Waals surface area contributed by atoms with E-state index in [0.717, 1.165) is 0 Å². The van der Waals surface area contributed by atoms with E-state index in [4.69, 9.17) is 19.5 Å². The van der Waals surface area contributed by atoms with Gasteiger partial charge in [0.05, 0.1) is 36.3 Å². The second-order valence-corrected chi connectivity index (χ2v) is 5.18. The zero-order valence-electron chi connectivity index (χ0n) is 14.7. The van der Waals surface area contributed by atoms with E-state index in [9.17, 15) is 14.9 Å². The van der Waals surface area contributed by atoms with Crippen molar-refractivity contribution in [1.82, 2.24) is 0 Å². The van der Waals surface area contributed by atoms with E-state index >= 15 is 0 Å². The first-order chi connectivity index (χ1) is 13.0. The molecule has 0 aromatic heterocycles. The first kappa shape index (κ1) is 19.5. The number of nitrogens with one attached hydrogen (secondary N) is 1. The molecule has 0 radical (unpaired) electrons. The number of carbonyl (C=O) groups is 1. The minimum Gasteiger partial charge on any atom is -0.496 e. The van der Waals surface area contributed by atoms with Crippen molar-refractivity contribution in [3.63, 3.8) is 0 Å². The monoisotopic (exact) mass is 371 g/mol. The van der Waals surface area contributed by atoms with E-state index in [2.05, 4.69) is 5.32 Å². The second kappa shape index (κ2) is 9.05. The van der Waals surface area contributed by atoms with Crippen LogP contribution in [0.25, 0.3) is 0 Å². The van der Waals surface area contributed by atoms with Gasteiger partial charge in [-0.3, -0.25) is 14.9 Å². The number of nitriles is 1. The second-order valence-electron chi connectivity index (χ2n) is 5.18. The van der Waals surface area contributed by atoms with Gasteiger partial charge in [-0.25, -0.2) is 0 Å². The van der Waals surface area contributed by atoms with E-state index in [1.165, 1.54) is 43.5 Å². The number of nitro groups is 1. The summed E-state index contributed by atoms with van der Waals surface area (Å²) in [4.78, 5) is 22.7. The number of carbonyl (C=O) groups excluding carboxylic acids is 1. The summed E-state index contributed by atoms with van der Waals surface area (Å²) in [5.41, 5.74) is 0.124. The molecule has 0 spiro atoms. The molecule has 1 amide bonds. The molecule has 0 saturated carbocycles. The Bertz CT molecular complexity index is 891. The fourth-order valence-electron chi connectivity index (χ4n) is 2.19. The molecule has 140 valence electrons. The zero-order chi connectivity index (χ0) is 19.8. The predicted molar refractivity (Wildman–Crippen MR) is 96.1 cm³/mol. The third kappa shape index (κ3) is 5.09. The predicted octanol–water partition coefficient (Wildman–Crippen LogP) is 2.89. The van der Waals surface area contributed by atoms with E-state index in [1.54, 1.807) is 6.92 Å². The lowest BCUT2D eigenvalue weighted by molar-refractivity contribution is -0.384. The number of amides is 1. The van der Waals surface area contributed by atoms with Gasteiger partial charge in [-0.2, -0.15) is 5.26 Å². The summed E-state index contributed by atoms with van der Waals surface area (Å²) >= 11 is 0. The Morgan fingerprint density at radius 2 is 2.00 bits per heavy atom. The fourth-order valence-corrected chi connectivity index (χ4v) is 2.19. The Kier molecular flexibility index (Phi) is 6.55. The normalized spacial score (nSPS) is 9.81. The molecule has 0 fully saturated rings. The standard InChI is InChI=1S/C18H17N3O6/c1-3-26-17-8-12(10-19)4-7-16(17)27-11-18(22)20-14-6-5-13(25-2)9-15(14)21(23)24/h4-9H,3,11H2,1-2H3,(H,20,22). The minimum atomic E-state index is -0.618. The molecule has 2 rings (SSSR count). The van der Waals surface area contributed by atoms with Gasteiger partial charge in [-0.1, -0.05) is 0 Å². The van der Waals surface area contributed by atoms with Gasteiger partial charge in [-0.05, 0) is 31.2 Å². The number of hydrogen-bond donors (Lipinski definition) is 1. The highest BCUT2D eigenvalue weighted by molar-refractivity contribution is 5.94. The maximum atomic E-state index is 12.1. The summed E-state index contributed by atoms with van der Waals surface area (Å²) in [5.74, 6) is 0.333. The maximum Gasteiger partial charge on any atom is 0.296 e. The Hall–Kier alpha value is -3.80. The van der Waals surface area contributed by atoms with Gasteiger partial charge in [0.25, 0.3) is 11.6 Å². The third-order valence-corrected chi connectivity index (χ3v) is 3.41. The SMILES string of the molecule is CCOc1cc(C#N)ccc1OCC(=O)Nc1ccc(OC)cc1[N+](=O)[O-]. The Morgan fingerprint density at radius 3 is 2.63 bits per heavy atom. The summed E-state index contributed by atoms with van der Waals surface area (Å²) in [6.07, 6.45) is 0. The summed E-state index contributed by atoms with van der Waals surface area (Å²) in [6.45, 7) is 1.74. The van der Waals surface area contributed by atoms with Crippen molar-refractivity contribution in [3.8, 4) is 23.3 Å². The van der Waals surface area contributed by atoms with Gasteiger partial charge in [0.15, 0.2) is 18.1 Å². The van der Waals surface area contributed by atoms with Crippen molar-refractivity contribution in [2.45, 2.75) is 6.92 Å². The van der Waals surface area contributed by atoms with Crippen LogP contribution in [-0.4, -0.2) is 31.2 Å². The molecule has 0 unspecified atom stereocenters. The van der Waals surface area contributed by atoms with E-state index in [1.807, 2.05) is 6.07 Å². The molecule has 2 aromatic carbocycles. The van der Waals surface area contributed by atoms with Crippen LogP contribution < -0.4 is 19.5 Å². The smallest absolute Gasteiger partial charge is 0.296 e. The number of methoxy groups -OCH3 is 1. The van der Waals surface area contributed by atoms with Gasteiger partial charge in [0, 0.05) is 6.07 Å². The van der Waals surface area contributed by atoms with Crippen LogP contribution >= 0.6 is 0 Å². The van der Waals surface area contributed by atoms with Crippen molar-refractivity contribution in [1.29, 1.82) is 5.26 Å². The summed E-state index contributed by atoms with van der Waals surface area (Å²) in [5, 5.41) is 22.5. The van der Waals surface area contributed by atoms with Crippen molar-refractivity contribution in [2.24, 2.45) is 0 Å². The molecule has 0 heterocycles. The first-order valence-corrected chi connectivity index (χ1v) is 7.90. The van der Waals surface area contributed by atoms with Gasteiger partial charge in [0.1, 0.15) is 11.4 Å². The highest BCUT2D eigenvalue weighted by Gasteiger charge is 2.18. The first-order valence-electron chi connectivity index (χ1n) is 7.90. The topological polar surface area (TPSA) is 124 Å². The molecule has 0 aliphatic rings. The van der Waals surface area contributed by atoms with Crippen LogP contribution in [0.1, 0.15) is 12.5 Å². The highest BCUT2D eigenvalue weighted by Crippen LogP contribution is 2.30. The molecular weight excluding hydrogens is 354 g/mol. The lowest BCUT2D eigenvalue weighted by atomic mass is 10.2. The lowest BCUT2D eigenvalue weighted by Gasteiger charge is -2.12. The number of hydrogen-bond acceptors (Lipinski definition) is 7. The van der Waals surface area contributed by atoms with Crippen molar-refractivity contribution < 1.29 is 23.9 Å². The zero-order valence-corrected chi connectivity index (χ0v) is 14.7. The average molecular weight is 371 g/mol. The Labute approximate surface area is 155 Å². The number of nitrogens with zero attached hydrogens (tertiary/aromatic N) is 2. The molecule has 27 heavy (non-hydrogen) atoms. The maximum absolute atomic E-state index is 12.1. The number of rotatable bonds is 8. The Balaban J connectivity index is 2.09. The molecule has 0 atom stereocenters. The largest absolute Gasteiger partial charge is 0.496 e. The lowest BCUT2D eigenvalue weighted by Crippen LogP contribution is -2.21. The molecular formula is C18H17N3O6. The number of benzene rings is 2. The van der Waals surface area contributed by atoms with Crippen LogP contribution in [0.15, 0.2) is 36.4 Å². The van der Waals surface area contributed by atoms with Crippen molar-refractivity contribution >= 4 is 17.3 Å². The van der Waals surface area contributed by atoms with E-state index in [-0.39, 0.29) is 17.1 Å². The molecule has 0 aliphatic carbocycles. The molecule has 0 aliphatic heterocycles. The van der Waals surface area contributed by atoms with Crippen molar-refractivity contribution in [3.05, 3.63) is 52.1 Å². The molecule has 0 saturated heterocycles. The van der Waals surface area contributed by atoms with Gasteiger partial charge >= 0.3 is 0 Å². The van der Waals surface area contributed by atoms with Crippen LogP contribution in [-0.2, 0) is 4.79 Å². The summed E-state index contributed by atoms with van der Waals surface area (Å²) in [6, 6.07) is 10.6. The van der Waals surface area contributed by atoms with Crippen molar-refractivity contribution in [2.75, 3.05) is 25.6 Å². The quantitative estimate of drug-likeness (QED) is 0.559. The Morgan fingerprint density at radius 1 is 1.22 bits per heavy atom. The average Bonchev–Trinajstić information content (AvgIpc) is 2.67. The van der Waals surface area contributed by atoms with Crippen LogP contribution in [0.2, 0.25) is 0 Å². The fraction of sp³-hybridized carbons (Fsp3) is 0.222. The molecule has 9 nitrogen and oxygen atoms in total. The summed E-state index contributed by atoms with van der Waals surface area (Å²) < 4.78 is 15.8. The van der Waals surface area contributed by atoms with Gasteiger partial charge in [-0.15, -0.1) is 0 Å². The molecule has 0 bridgehead atoms. The molecule has 9 heteroatoms. The van der Waals surface area contributed by atoms with Crippen LogP contribution in [0, 0.1) is 21.4 Å². The molecule has 1 N–H and O–H groups in total. The van der Waals surface area contributed by atoms with Crippen LogP contribution in [0.5, 0.6) is 17.2 Å². The third-order valence-electron chi connectivity index (χ3n) is 3.41. The van der Waals surface area contributed by atoms with E-state index < -0.39 is 17.4 Å². The summed E-state index contributed by atoms with van der Waals surface area (Å²) in [7, 11) is 1.39. The number of ether oxygens (including phenoxy) is 3. The van der Waals surface area contributed by atoms with Gasteiger partial charge < -0.3 is 19.5 Å². The highest BCUT2D eigenvalue weighted by atomic mass is 16.6. The van der Waals surface area contributed by atoms with Crippen LogP contribution in [0.3, 0.4) is 0 Å². The van der Waals surface area contributed by atoms with Crippen LogP contribution in [0.4, 0.5) is 11.4 Å². The van der Waals surface area contributed by atoms with Gasteiger partial charge in [0.2, 0.25) is 0 Å². The minimum absolute atomic E-state index is 0.0271. The van der Waals surface area contributed by atoms with E-state index in [0.29, 0.717) is 23.7 Å². The molecule has 2 aromatic rings. The number of anilines is 1. The number of nitro benzene ring substituents is 1.